The second kappa shape index (κ2) is 32.0. The van der Waals surface area contributed by atoms with Crippen LogP contribution in [0.2, 0.25) is 0 Å². The normalized spacial score (nSPS) is 12.7. The van der Waals surface area contributed by atoms with Crippen molar-refractivity contribution in [2.24, 2.45) is 5.73 Å². The summed E-state index contributed by atoms with van der Waals surface area (Å²) in [6, 6.07) is 16.7. The Hall–Kier alpha value is -9.27. The highest BCUT2D eigenvalue weighted by Crippen LogP contribution is 2.41. The highest BCUT2D eigenvalue weighted by molar-refractivity contribution is 7.17. The molecule has 548 valence electrons. The lowest BCUT2D eigenvalue weighted by Crippen LogP contribution is -2.38. The number of halogens is 9. The number of alkyl halides is 6. The van der Waals surface area contributed by atoms with Gasteiger partial charge in [0.2, 0.25) is 11.8 Å². The average Bonchev–Trinajstić information content (AvgIpc) is 1.40. The highest BCUT2D eigenvalue weighted by Gasteiger charge is 2.38. The van der Waals surface area contributed by atoms with Gasteiger partial charge in [-0.2, -0.15) is 26.3 Å². The lowest BCUT2D eigenvalue weighted by Gasteiger charge is -2.26. The van der Waals surface area contributed by atoms with Gasteiger partial charge in [-0.15, -0.1) is 35.1 Å². The lowest BCUT2D eigenvalue weighted by molar-refractivity contribution is -0.141. The number of fused-ring (bicyclic) bond motifs is 4. The molecule has 0 spiro atoms. The van der Waals surface area contributed by atoms with E-state index in [2.05, 4.69) is 35.9 Å². The maximum atomic E-state index is 14.0. The number of carbonyl (C=O) groups excluding carboxylic acids is 3. The van der Waals surface area contributed by atoms with Crippen LogP contribution >= 0.6 is 35.1 Å². The number of hydrogen-bond acceptors (Lipinski definition) is 19. The predicted octanol–water partition coefficient (Wildman–Crippen LogP) is 17.5. The van der Waals surface area contributed by atoms with Gasteiger partial charge in [0.15, 0.2) is 22.9 Å². The van der Waals surface area contributed by atoms with E-state index in [0.717, 1.165) is 32.5 Å². The van der Waals surface area contributed by atoms with Crippen molar-refractivity contribution < 1.29 is 96.7 Å². The van der Waals surface area contributed by atoms with E-state index in [-0.39, 0.29) is 111 Å². The number of pyridine rings is 2. The number of nitrogens with zero attached hydrogens (tertiary/aromatic N) is 4. The van der Waals surface area contributed by atoms with Gasteiger partial charge < -0.3 is 64.0 Å². The molecule has 32 heteroatoms. The predicted molar refractivity (Wildman–Crippen MR) is 370 cm³/mol. The van der Waals surface area contributed by atoms with Crippen molar-refractivity contribution in [3.8, 4) is 34.4 Å². The second-order valence-corrected chi connectivity index (χ2v) is 28.3. The average molecular weight is 1490 g/mol. The molecule has 6 heterocycles. The van der Waals surface area contributed by atoms with Crippen LogP contribution in [-0.4, -0.2) is 98.9 Å². The molecule has 0 aliphatic rings. The molecular weight excluding hydrogens is 1410 g/mol. The van der Waals surface area contributed by atoms with Crippen LogP contribution in [-0.2, 0) is 44.4 Å². The summed E-state index contributed by atoms with van der Waals surface area (Å²) >= 11 is 2.99. The zero-order valence-corrected chi connectivity index (χ0v) is 60.1. The summed E-state index contributed by atoms with van der Waals surface area (Å²) < 4.78 is 155. The van der Waals surface area contributed by atoms with Crippen LogP contribution in [0.1, 0.15) is 150 Å². The van der Waals surface area contributed by atoms with Crippen molar-refractivity contribution in [1.29, 1.82) is 0 Å². The Labute approximate surface area is 594 Å². The van der Waals surface area contributed by atoms with Gasteiger partial charge in [0, 0.05) is 49.8 Å². The van der Waals surface area contributed by atoms with Crippen molar-refractivity contribution in [3.63, 3.8) is 0 Å². The number of carbonyl (C=O) groups is 4. The summed E-state index contributed by atoms with van der Waals surface area (Å²) in [5.41, 5.74) is 1.26. The minimum atomic E-state index is -4.72. The number of alkyl carbamates (subject to hydrolysis) is 2. The second-order valence-electron chi connectivity index (χ2n) is 26.5. The molecular formula is C70H75ClF8N8O13S2. The largest absolute Gasteiger partial charge is 0.494 e. The third-order valence-electron chi connectivity index (χ3n) is 14.1. The molecule has 102 heavy (non-hydrogen) atoms. The van der Waals surface area contributed by atoms with Crippen LogP contribution in [0.5, 0.6) is 11.5 Å². The maximum Gasteiger partial charge on any atom is 0.433 e. The number of carboxylic acid groups (broad SMARTS) is 1. The molecule has 3 amide bonds. The number of amides is 3. The summed E-state index contributed by atoms with van der Waals surface area (Å²) in [5.74, 6) is -3.35. The van der Waals surface area contributed by atoms with Gasteiger partial charge in [-0.3, -0.25) is 4.79 Å². The van der Waals surface area contributed by atoms with Crippen molar-refractivity contribution in [2.45, 2.75) is 143 Å². The van der Waals surface area contributed by atoms with Crippen molar-refractivity contribution in [2.75, 3.05) is 27.4 Å². The molecule has 0 unspecified atom stereocenters. The van der Waals surface area contributed by atoms with Gasteiger partial charge in [0.25, 0.3) is 5.91 Å². The molecule has 2 atom stereocenters. The third-order valence-corrected chi connectivity index (χ3v) is 16.1. The quantitative estimate of drug-likeness (QED) is 0.0530. The van der Waals surface area contributed by atoms with E-state index in [4.69, 9.17) is 43.0 Å². The fourth-order valence-corrected chi connectivity index (χ4v) is 11.6. The van der Waals surface area contributed by atoms with Gasteiger partial charge >= 0.3 is 30.5 Å². The molecule has 0 radical (unpaired) electrons. The van der Waals surface area contributed by atoms with Crippen LogP contribution in [0.25, 0.3) is 64.9 Å². The number of benzene rings is 4. The number of rotatable bonds is 17. The zero-order valence-electron chi connectivity index (χ0n) is 57.7. The fourth-order valence-electron chi connectivity index (χ4n) is 9.68. The van der Waals surface area contributed by atoms with E-state index < -0.39 is 93.8 Å². The lowest BCUT2D eigenvalue weighted by atomic mass is 10.1. The van der Waals surface area contributed by atoms with Crippen LogP contribution in [0.4, 0.5) is 44.7 Å². The molecule has 0 aliphatic heterocycles. The van der Waals surface area contributed by atoms with E-state index in [1.165, 1.54) is 86.2 Å². The molecule has 0 bridgehead atoms. The Morgan fingerprint density at radius 2 is 0.941 bits per heavy atom. The molecule has 0 fully saturated rings. The van der Waals surface area contributed by atoms with Gasteiger partial charge in [-0.1, -0.05) is 0 Å². The van der Waals surface area contributed by atoms with E-state index in [1.54, 1.807) is 112 Å². The molecule has 10 rings (SSSR count). The van der Waals surface area contributed by atoms with Crippen LogP contribution in [0.3, 0.4) is 0 Å². The van der Waals surface area contributed by atoms with E-state index in [0.29, 0.717) is 17.5 Å². The van der Waals surface area contributed by atoms with Crippen molar-refractivity contribution in [1.82, 2.24) is 35.9 Å². The summed E-state index contributed by atoms with van der Waals surface area (Å²) in [5, 5.41) is 23.7. The Morgan fingerprint density at radius 3 is 1.32 bits per heavy atom. The number of methoxy groups -OCH3 is 2. The molecule has 6 aromatic heterocycles. The number of aromatic nitrogens is 4. The first kappa shape index (κ1) is 80.0. The minimum absolute atomic E-state index is 0. The molecule has 0 saturated carbocycles. The van der Waals surface area contributed by atoms with Crippen molar-refractivity contribution in [3.05, 3.63) is 153 Å². The molecule has 21 nitrogen and oxygen atoms in total. The molecule has 0 saturated heterocycles. The molecule has 10 aromatic rings. The number of aromatic carboxylic acids is 1. The number of ether oxygens (including phenoxy) is 6. The topological polar surface area (TPSA) is 284 Å². The smallest absolute Gasteiger partial charge is 0.433 e. The third kappa shape index (κ3) is 20.7. The first-order valence-electron chi connectivity index (χ1n) is 31.0. The van der Waals surface area contributed by atoms with Crippen LogP contribution < -0.4 is 31.2 Å². The first-order chi connectivity index (χ1) is 47.0. The highest BCUT2D eigenvalue weighted by atomic mass is 35.5. The first-order valence-corrected chi connectivity index (χ1v) is 32.7. The van der Waals surface area contributed by atoms with Crippen LogP contribution in [0, 0.1) is 11.6 Å². The number of hydrogen-bond donors (Lipinski definition) is 5. The minimum Gasteiger partial charge on any atom is -0.494 e. The van der Waals surface area contributed by atoms with E-state index >= 15 is 0 Å². The summed E-state index contributed by atoms with van der Waals surface area (Å²) in [4.78, 5) is 67.7. The number of carboxylic acids is 1. The van der Waals surface area contributed by atoms with Gasteiger partial charge in [0.05, 0.1) is 38.6 Å². The standard InChI is InChI=1S/C35H36F4N4O6S.C26H30F3N3O7.C9H8FNS.ClH/c1-33(2,3)47-16-23(41-32(45)49-34(4,5)6)29-28(30(44)40-15-18-17-50-25-12-8-19(36)14-22(18)25)43-31(48-29)21-9-11-24(46-7)27-20(21)10-13-26(42-27)35(37,38)39;1-24(2,3)37-12-15(30-23(35)39-25(4,5)6)20-19(22(33)34)32-21(38-20)14-8-10-16(36-7)18-13(14)9-11-17(31-18)26(27,28)29;10-7-1-2-9-8(3-7)6(4-11)5-12-9;/h8-14,17,23H,15-16H2,1-7H3,(H,40,44)(H,41,45);8-11,15H,12H2,1-7H3,(H,30,35)(H,33,34);1-3,5H,4,11H2;1H/t23-;15-;;/m00../s1. The van der Waals surface area contributed by atoms with Crippen LogP contribution in [0.15, 0.2) is 105 Å². The summed E-state index contributed by atoms with van der Waals surface area (Å²) in [6.07, 6.45) is -11.1. The molecule has 0 aliphatic carbocycles. The van der Waals surface area contributed by atoms with E-state index in [9.17, 15) is 59.4 Å². The molecule has 4 aromatic carbocycles. The monoisotopic (exact) mass is 1490 g/mol. The van der Waals surface area contributed by atoms with Gasteiger partial charge in [-0.05, 0) is 195 Å². The Kier molecular flexibility index (Phi) is 25.1. The van der Waals surface area contributed by atoms with E-state index in [1.807, 2.05) is 5.38 Å². The zero-order chi connectivity index (χ0) is 74.5. The SMILES string of the molecule is COc1ccc(-c2nc(C(=O)NCc3csc4ccc(F)cc34)c([C@H](COC(C)(C)C)NC(=O)OC(C)(C)C)o2)c2ccc(C(F)(F)F)nc12.COc1ccc(-c2nc(C(=O)O)c([C@H](COC(C)(C)C)NC(=O)OC(C)(C)C)o2)c2ccc(C(F)(F)F)nc12.Cl.NCc1csc2ccc(F)cc12. The number of oxazole rings is 2. The van der Waals surface area contributed by atoms with Crippen molar-refractivity contribution >= 4 is 101 Å². The summed E-state index contributed by atoms with van der Waals surface area (Å²) in [7, 11) is 2.58. The maximum absolute atomic E-state index is 14.0. The Bertz CT molecular complexity index is 4670. The Balaban J connectivity index is 0.000000248. The molecule has 6 N–H and O–H groups in total. The Morgan fingerprint density at radius 1 is 0.539 bits per heavy atom. The van der Waals surface area contributed by atoms with Gasteiger partial charge in [0.1, 0.15) is 68.8 Å². The summed E-state index contributed by atoms with van der Waals surface area (Å²) in [6.45, 7) is 20.9. The number of nitrogens with one attached hydrogen (secondary N) is 3. The number of nitrogens with two attached hydrogens (primary N) is 1. The van der Waals surface area contributed by atoms with Gasteiger partial charge in [-0.25, -0.2) is 43.1 Å². The fraction of sp³-hybridized carbons (Fsp3) is 0.371. The number of thiophene rings is 2.